The smallest absolute Gasteiger partial charge is 0.0850 e. The zero-order chi connectivity index (χ0) is 12.3. The summed E-state index contributed by atoms with van der Waals surface area (Å²) in [6, 6.07) is 8.45. The van der Waals surface area contributed by atoms with Crippen LogP contribution in [0.2, 0.25) is 0 Å². The molecule has 0 aliphatic carbocycles. The van der Waals surface area contributed by atoms with Gasteiger partial charge in [-0.1, -0.05) is 13.0 Å². The van der Waals surface area contributed by atoms with Gasteiger partial charge in [-0.2, -0.15) is 0 Å². The van der Waals surface area contributed by atoms with Crippen LogP contribution in [0.5, 0.6) is 0 Å². The van der Waals surface area contributed by atoms with E-state index in [4.69, 9.17) is 0 Å². The number of nitrogens with zero attached hydrogens (tertiary/aromatic N) is 1. The summed E-state index contributed by atoms with van der Waals surface area (Å²) in [6.07, 6.45) is 4.15. The van der Waals surface area contributed by atoms with E-state index < -0.39 is 10.8 Å². The van der Waals surface area contributed by atoms with E-state index in [1.807, 2.05) is 24.3 Å². The quantitative estimate of drug-likeness (QED) is 0.817. The van der Waals surface area contributed by atoms with Crippen molar-refractivity contribution in [1.29, 1.82) is 0 Å². The Morgan fingerprint density at radius 1 is 1.29 bits per heavy atom. The molecule has 3 heteroatoms. The Hall–Kier alpha value is -0.670. The van der Waals surface area contributed by atoms with Crippen molar-refractivity contribution in [3.63, 3.8) is 0 Å². The summed E-state index contributed by atoms with van der Waals surface area (Å²) in [5, 5.41) is 0. The summed E-state index contributed by atoms with van der Waals surface area (Å²) in [6.45, 7) is 7.28. The van der Waals surface area contributed by atoms with Gasteiger partial charge in [-0.3, -0.25) is 0 Å². The first-order valence-corrected chi connectivity index (χ1v) is 7.63. The lowest BCUT2D eigenvalue weighted by Crippen LogP contribution is -2.29. The fourth-order valence-corrected chi connectivity index (χ4v) is 3.18. The molecule has 3 aliphatic rings. The Bertz CT molecular complexity index is 370. The van der Waals surface area contributed by atoms with Crippen LogP contribution in [-0.4, -0.2) is 28.2 Å². The van der Waals surface area contributed by atoms with Gasteiger partial charge in [0.15, 0.2) is 0 Å². The molecule has 4 rings (SSSR count). The number of rotatable bonds is 2. The Kier molecular flexibility index (Phi) is 4.35. The molecule has 3 aliphatic heterocycles. The highest BCUT2D eigenvalue weighted by Crippen LogP contribution is 2.26. The Morgan fingerprint density at radius 2 is 1.88 bits per heavy atom. The first-order valence-electron chi connectivity index (χ1n) is 6.48. The largest absolute Gasteiger partial charge is 0.301 e. The van der Waals surface area contributed by atoms with Gasteiger partial charge in [0, 0.05) is 15.8 Å². The minimum atomic E-state index is -0.752. The van der Waals surface area contributed by atoms with Gasteiger partial charge in [0.25, 0.3) is 0 Å². The van der Waals surface area contributed by atoms with E-state index >= 15 is 0 Å². The van der Waals surface area contributed by atoms with Crippen molar-refractivity contribution >= 4 is 10.8 Å². The fourth-order valence-electron chi connectivity index (χ4n) is 2.22. The van der Waals surface area contributed by atoms with Gasteiger partial charge in [-0.05, 0) is 57.5 Å². The summed E-state index contributed by atoms with van der Waals surface area (Å²) in [4.78, 5) is 4.50. The Morgan fingerprint density at radius 3 is 2.24 bits per heavy atom. The molecule has 0 N–H and O–H groups in total. The summed E-state index contributed by atoms with van der Waals surface area (Å²) < 4.78 is 10.8. The van der Waals surface area contributed by atoms with E-state index in [2.05, 4.69) is 18.7 Å². The zero-order valence-electron chi connectivity index (χ0n) is 10.7. The van der Waals surface area contributed by atoms with Crippen molar-refractivity contribution in [2.24, 2.45) is 0 Å². The van der Waals surface area contributed by atoms with Crippen LogP contribution < -0.4 is 0 Å². The van der Waals surface area contributed by atoms with Gasteiger partial charge in [-0.25, -0.2) is 4.21 Å². The lowest BCUT2D eigenvalue weighted by molar-refractivity contribution is 0.253. The SMILES string of the molecule is CCC(C)N1CCCC1.O=S1c2cccc1c2. The predicted molar refractivity (Wildman–Crippen MR) is 71.7 cm³/mol. The monoisotopic (exact) mass is 251 g/mol. The summed E-state index contributed by atoms with van der Waals surface area (Å²) in [5.74, 6) is 0. The minimum Gasteiger partial charge on any atom is -0.301 e. The minimum absolute atomic E-state index is 0.752. The van der Waals surface area contributed by atoms with Crippen molar-refractivity contribution in [2.45, 2.75) is 48.9 Å². The lowest BCUT2D eigenvalue weighted by Gasteiger charge is -2.21. The number of benzene rings is 1. The molecule has 0 spiro atoms. The van der Waals surface area contributed by atoms with Gasteiger partial charge < -0.3 is 4.90 Å². The highest BCUT2D eigenvalue weighted by atomic mass is 32.2. The van der Waals surface area contributed by atoms with E-state index in [0.29, 0.717) is 0 Å². The molecule has 1 atom stereocenters. The molecule has 2 bridgehead atoms. The molecule has 0 saturated carbocycles. The van der Waals surface area contributed by atoms with E-state index in [-0.39, 0.29) is 0 Å². The third kappa shape index (κ3) is 2.96. The summed E-state index contributed by atoms with van der Waals surface area (Å²) in [7, 11) is -0.752. The molecule has 0 aromatic heterocycles. The maximum absolute atomic E-state index is 10.8. The number of hydrogen-bond acceptors (Lipinski definition) is 2. The summed E-state index contributed by atoms with van der Waals surface area (Å²) >= 11 is 0. The Balaban J connectivity index is 0.000000127. The topological polar surface area (TPSA) is 20.3 Å². The molecule has 1 fully saturated rings. The van der Waals surface area contributed by atoms with E-state index in [1.54, 1.807) is 0 Å². The van der Waals surface area contributed by atoms with Crippen LogP contribution in [0.25, 0.3) is 0 Å². The molecular formula is C14H21NOS. The predicted octanol–water partition coefficient (Wildman–Crippen LogP) is 3.05. The molecule has 1 saturated heterocycles. The number of fused-ring (bicyclic) bond motifs is 2. The second-order valence-electron chi connectivity index (χ2n) is 4.74. The third-order valence-electron chi connectivity index (χ3n) is 3.59. The van der Waals surface area contributed by atoms with Crippen LogP contribution >= 0.6 is 0 Å². The average Bonchev–Trinajstić information content (AvgIpc) is 2.92. The second kappa shape index (κ2) is 5.78. The maximum atomic E-state index is 10.8. The molecule has 3 heterocycles. The standard InChI is InChI=1S/C8H17N.C6H4OS/c1-3-8(2)9-6-4-5-7-9;7-8-5-2-1-3-6(8)4-5/h8H,3-7H2,1-2H3;1-4H. The van der Waals surface area contributed by atoms with Crippen LogP contribution in [-0.2, 0) is 10.8 Å². The number of hydrogen-bond donors (Lipinski definition) is 0. The van der Waals surface area contributed by atoms with Gasteiger partial charge >= 0.3 is 0 Å². The average molecular weight is 251 g/mol. The molecule has 0 amide bonds. The van der Waals surface area contributed by atoms with Gasteiger partial charge in [0.2, 0.25) is 0 Å². The maximum Gasteiger partial charge on any atom is 0.0850 e. The number of likely N-dealkylation sites (tertiary alicyclic amines) is 1. The van der Waals surface area contributed by atoms with Crippen LogP contribution in [0, 0.1) is 0 Å². The molecular weight excluding hydrogens is 230 g/mol. The zero-order valence-corrected chi connectivity index (χ0v) is 11.5. The first-order chi connectivity index (χ1) is 8.22. The van der Waals surface area contributed by atoms with Gasteiger partial charge in [0.05, 0.1) is 10.8 Å². The highest BCUT2D eigenvalue weighted by Gasteiger charge is 2.16. The lowest BCUT2D eigenvalue weighted by atomic mass is 10.2. The molecule has 1 aromatic carbocycles. The molecule has 94 valence electrons. The van der Waals surface area contributed by atoms with Gasteiger partial charge in [0.1, 0.15) is 0 Å². The molecule has 2 nitrogen and oxygen atoms in total. The second-order valence-corrected chi connectivity index (χ2v) is 6.22. The van der Waals surface area contributed by atoms with Crippen LogP contribution in [0.3, 0.4) is 0 Å². The first kappa shape index (κ1) is 12.8. The van der Waals surface area contributed by atoms with E-state index in [0.717, 1.165) is 15.8 Å². The summed E-state index contributed by atoms with van der Waals surface area (Å²) in [5.41, 5.74) is 0. The van der Waals surface area contributed by atoms with E-state index in [9.17, 15) is 4.21 Å². The molecule has 1 unspecified atom stereocenters. The molecule has 1 aromatic rings. The van der Waals surface area contributed by atoms with Crippen molar-refractivity contribution < 1.29 is 4.21 Å². The van der Waals surface area contributed by atoms with Crippen LogP contribution in [0.1, 0.15) is 33.1 Å². The normalized spacial score (nSPS) is 20.4. The van der Waals surface area contributed by atoms with Crippen molar-refractivity contribution in [1.82, 2.24) is 4.90 Å². The Labute approximate surface area is 106 Å². The van der Waals surface area contributed by atoms with Crippen LogP contribution in [0.15, 0.2) is 34.1 Å². The highest BCUT2D eigenvalue weighted by molar-refractivity contribution is 7.86. The molecule has 17 heavy (non-hydrogen) atoms. The van der Waals surface area contributed by atoms with Crippen molar-refractivity contribution in [2.75, 3.05) is 13.1 Å². The molecule has 0 radical (unpaired) electrons. The van der Waals surface area contributed by atoms with E-state index in [1.165, 1.54) is 32.4 Å². The fraction of sp³-hybridized carbons (Fsp3) is 0.571. The third-order valence-corrected chi connectivity index (χ3v) is 4.95. The van der Waals surface area contributed by atoms with Crippen molar-refractivity contribution in [3.05, 3.63) is 24.3 Å². The van der Waals surface area contributed by atoms with Crippen molar-refractivity contribution in [3.8, 4) is 0 Å². The van der Waals surface area contributed by atoms with Crippen LogP contribution in [0.4, 0.5) is 0 Å². The van der Waals surface area contributed by atoms with Gasteiger partial charge in [-0.15, -0.1) is 0 Å².